The van der Waals surface area contributed by atoms with Gasteiger partial charge in [-0.05, 0) is 12.1 Å². The van der Waals surface area contributed by atoms with Gasteiger partial charge < -0.3 is 10.7 Å². The quantitative estimate of drug-likeness (QED) is 0.644. The first-order valence-electron chi connectivity index (χ1n) is 3.51. The van der Waals surface area contributed by atoms with E-state index in [4.69, 9.17) is 5.73 Å². The normalized spacial score (nSPS) is 10.3. The predicted octanol–water partition coefficient (Wildman–Crippen LogP) is 0.662. The predicted molar refractivity (Wildman–Crippen MR) is 44.6 cm³/mol. The SMILES string of the molecule is NC(=O)c1[nH]cc2ncccc12. The monoisotopic (exact) mass is 161 g/mol. The van der Waals surface area contributed by atoms with E-state index in [1.54, 1.807) is 24.5 Å². The van der Waals surface area contributed by atoms with Crippen molar-refractivity contribution >= 4 is 16.8 Å². The van der Waals surface area contributed by atoms with E-state index in [0.29, 0.717) is 5.69 Å². The number of aromatic amines is 1. The molecule has 0 aliphatic rings. The molecule has 0 spiro atoms. The van der Waals surface area contributed by atoms with Crippen LogP contribution in [0, 0.1) is 0 Å². The number of carbonyl (C=O) groups excluding carboxylic acids is 1. The van der Waals surface area contributed by atoms with Gasteiger partial charge in [0.2, 0.25) is 0 Å². The molecule has 1 amide bonds. The van der Waals surface area contributed by atoms with E-state index in [0.717, 1.165) is 10.9 Å². The van der Waals surface area contributed by atoms with Crippen molar-refractivity contribution in [2.75, 3.05) is 0 Å². The Bertz CT molecular complexity index is 433. The minimum Gasteiger partial charge on any atom is -0.364 e. The maximum atomic E-state index is 10.8. The number of nitrogens with zero attached hydrogens (tertiary/aromatic N) is 1. The Hall–Kier alpha value is -1.84. The van der Waals surface area contributed by atoms with Crippen LogP contribution in [-0.4, -0.2) is 15.9 Å². The molecule has 4 heteroatoms. The first kappa shape index (κ1) is 6.84. The molecular weight excluding hydrogens is 154 g/mol. The van der Waals surface area contributed by atoms with E-state index in [9.17, 15) is 4.79 Å². The van der Waals surface area contributed by atoms with Crippen LogP contribution in [0.5, 0.6) is 0 Å². The van der Waals surface area contributed by atoms with E-state index >= 15 is 0 Å². The zero-order valence-electron chi connectivity index (χ0n) is 6.24. The second kappa shape index (κ2) is 2.34. The van der Waals surface area contributed by atoms with E-state index in [-0.39, 0.29) is 0 Å². The van der Waals surface area contributed by atoms with Crippen LogP contribution in [0.1, 0.15) is 10.5 Å². The highest BCUT2D eigenvalue weighted by Crippen LogP contribution is 2.14. The van der Waals surface area contributed by atoms with Gasteiger partial charge in [0.15, 0.2) is 0 Å². The summed E-state index contributed by atoms with van der Waals surface area (Å²) in [6.45, 7) is 0. The molecule has 2 heterocycles. The van der Waals surface area contributed by atoms with E-state index in [2.05, 4.69) is 9.97 Å². The van der Waals surface area contributed by atoms with Gasteiger partial charge in [-0.1, -0.05) is 0 Å². The number of fused-ring (bicyclic) bond motifs is 1. The summed E-state index contributed by atoms with van der Waals surface area (Å²) in [6, 6.07) is 3.57. The fourth-order valence-electron chi connectivity index (χ4n) is 1.17. The molecule has 4 nitrogen and oxygen atoms in total. The Morgan fingerprint density at radius 3 is 3.17 bits per heavy atom. The number of aromatic nitrogens is 2. The van der Waals surface area contributed by atoms with Gasteiger partial charge in [-0.3, -0.25) is 9.78 Å². The lowest BCUT2D eigenvalue weighted by molar-refractivity contribution is 0.0997. The van der Waals surface area contributed by atoms with Crippen LogP contribution >= 0.6 is 0 Å². The van der Waals surface area contributed by atoms with Crippen molar-refractivity contribution in [2.24, 2.45) is 5.73 Å². The summed E-state index contributed by atoms with van der Waals surface area (Å²) in [5, 5.41) is 0.769. The van der Waals surface area contributed by atoms with Crippen molar-refractivity contribution in [3.05, 3.63) is 30.2 Å². The average Bonchev–Trinajstić information content (AvgIpc) is 2.47. The van der Waals surface area contributed by atoms with Crippen LogP contribution < -0.4 is 5.73 Å². The molecule has 2 aromatic heterocycles. The number of primary amides is 1. The summed E-state index contributed by atoms with van der Waals surface area (Å²) in [4.78, 5) is 17.7. The third-order valence-electron chi connectivity index (χ3n) is 1.71. The molecule has 12 heavy (non-hydrogen) atoms. The van der Waals surface area contributed by atoms with Gasteiger partial charge in [0, 0.05) is 17.8 Å². The van der Waals surface area contributed by atoms with Gasteiger partial charge in [-0.15, -0.1) is 0 Å². The van der Waals surface area contributed by atoms with Crippen molar-refractivity contribution in [3.63, 3.8) is 0 Å². The molecule has 0 bridgehead atoms. The average molecular weight is 161 g/mol. The zero-order valence-corrected chi connectivity index (χ0v) is 6.24. The topological polar surface area (TPSA) is 71.8 Å². The maximum absolute atomic E-state index is 10.8. The lowest BCUT2D eigenvalue weighted by Gasteiger charge is -1.90. The molecule has 0 unspecified atom stereocenters. The largest absolute Gasteiger partial charge is 0.364 e. The molecule has 2 aromatic rings. The number of nitrogens with two attached hydrogens (primary N) is 1. The first-order valence-corrected chi connectivity index (χ1v) is 3.51. The second-order valence-electron chi connectivity index (χ2n) is 2.46. The van der Waals surface area contributed by atoms with Gasteiger partial charge in [-0.25, -0.2) is 0 Å². The molecule has 2 rings (SSSR count). The number of carbonyl (C=O) groups is 1. The van der Waals surface area contributed by atoms with Crippen molar-refractivity contribution in [1.29, 1.82) is 0 Å². The van der Waals surface area contributed by atoms with Crippen molar-refractivity contribution < 1.29 is 4.79 Å². The summed E-state index contributed by atoms with van der Waals surface area (Å²) in [6.07, 6.45) is 3.33. The maximum Gasteiger partial charge on any atom is 0.265 e. The summed E-state index contributed by atoms with van der Waals surface area (Å²) in [5.74, 6) is -0.460. The van der Waals surface area contributed by atoms with Crippen LogP contribution in [0.4, 0.5) is 0 Å². The molecule has 0 saturated carbocycles. The van der Waals surface area contributed by atoms with Gasteiger partial charge in [0.05, 0.1) is 5.52 Å². The van der Waals surface area contributed by atoms with Crippen molar-refractivity contribution in [3.8, 4) is 0 Å². The number of H-pyrrole nitrogens is 1. The number of hydrogen-bond acceptors (Lipinski definition) is 2. The lowest BCUT2D eigenvalue weighted by atomic mass is 10.2. The highest BCUT2D eigenvalue weighted by atomic mass is 16.1. The molecule has 3 N–H and O–H groups in total. The lowest BCUT2D eigenvalue weighted by Crippen LogP contribution is -2.11. The smallest absolute Gasteiger partial charge is 0.265 e. The van der Waals surface area contributed by atoms with Crippen LogP contribution in [0.3, 0.4) is 0 Å². The molecule has 60 valence electrons. The van der Waals surface area contributed by atoms with E-state index in [1.165, 1.54) is 0 Å². The van der Waals surface area contributed by atoms with Gasteiger partial charge >= 0.3 is 0 Å². The summed E-state index contributed by atoms with van der Waals surface area (Å²) in [5.41, 5.74) is 6.30. The Kier molecular flexibility index (Phi) is 1.33. The van der Waals surface area contributed by atoms with Gasteiger partial charge in [-0.2, -0.15) is 0 Å². The minimum atomic E-state index is -0.460. The molecule has 0 fully saturated rings. The highest BCUT2D eigenvalue weighted by Gasteiger charge is 2.07. The highest BCUT2D eigenvalue weighted by molar-refractivity contribution is 6.04. The standard InChI is InChI=1S/C8H7N3O/c9-8(12)7-5-2-1-3-10-6(5)4-11-7/h1-4,11H,(H2,9,12). The number of pyridine rings is 1. The molecular formula is C8H7N3O. The second-order valence-corrected chi connectivity index (χ2v) is 2.46. The fourth-order valence-corrected chi connectivity index (χ4v) is 1.17. The first-order chi connectivity index (χ1) is 5.79. The number of amides is 1. The molecule has 0 atom stereocenters. The third kappa shape index (κ3) is 0.852. The van der Waals surface area contributed by atoms with Crippen LogP contribution in [0.15, 0.2) is 24.5 Å². The summed E-state index contributed by atoms with van der Waals surface area (Å²) >= 11 is 0. The summed E-state index contributed by atoms with van der Waals surface area (Å²) in [7, 11) is 0. The number of hydrogen-bond donors (Lipinski definition) is 2. The molecule has 0 aliphatic carbocycles. The number of nitrogens with one attached hydrogen (secondary N) is 1. The Morgan fingerprint density at radius 2 is 2.42 bits per heavy atom. The van der Waals surface area contributed by atoms with Gasteiger partial charge in [0.25, 0.3) is 5.91 Å². The molecule has 0 aromatic carbocycles. The van der Waals surface area contributed by atoms with Crippen molar-refractivity contribution in [1.82, 2.24) is 9.97 Å². The zero-order chi connectivity index (χ0) is 8.55. The Balaban J connectivity index is 2.79. The third-order valence-corrected chi connectivity index (χ3v) is 1.71. The van der Waals surface area contributed by atoms with Crippen molar-refractivity contribution in [2.45, 2.75) is 0 Å². The fraction of sp³-hybridized carbons (Fsp3) is 0. The van der Waals surface area contributed by atoms with Crippen LogP contribution in [0.25, 0.3) is 10.9 Å². The summed E-state index contributed by atoms with van der Waals surface area (Å²) < 4.78 is 0. The Morgan fingerprint density at radius 1 is 1.58 bits per heavy atom. The van der Waals surface area contributed by atoms with E-state index < -0.39 is 5.91 Å². The van der Waals surface area contributed by atoms with Crippen LogP contribution in [0.2, 0.25) is 0 Å². The van der Waals surface area contributed by atoms with E-state index in [1.807, 2.05) is 0 Å². The minimum absolute atomic E-state index is 0.415. The molecule has 0 radical (unpaired) electrons. The molecule has 0 saturated heterocycles. The van der Waals surface area contributed by atoms with Crippen LogP contribution in [-0.2, 0) is 0 Å². The number of rotatable bonds is 1. The van der Waals surface area contributed by atoms with Gasteiger partial charge in [0.1, 0.15) is 5.69 Å². The Labute approximate surface area is 68.4 Å². The molecule has 0 aliphatic heterocycles.